The summed E-state index contributed by atoms with van der Waals surface area (Å²) in [6, 6.07) is 34.7. The summed E-state index contributed by atoms with van der Waals surface area (Å²) in [5.41, 5.74) is 4.88. The monoisotopic (exact) mass is 460 g/mol. The molecule has 0 aliphatic carbocycles. The molecular weight excluding hydrogens is 431 g/mol. The van der Waals surface area contributed by atoms with E-state index < -0.39 is 5.96 Å². The van der Waals surface area contributed by atoms with Crippen LogP contribution in [0.5, 0.6) is 5.75 Å². The average Bonchev–Trinajstić information content (AvgIpc) is 2.81. The van der Waals surface area contributed by atoms with Crippen LogP contribution in [0.15, 0.2) is 97.1 Å². The summed E-state index contributed by atoms with van der Waals surface area (Å²) < 4.78 is 5.40. The first-order valence-electron chi connectivity index (χ1n) is 10.9. The third-order valence-corrected chi connectivity index (χ3v) is 13.6. The maximum atomic E-state index is 8.24. The molecule has 32 heavy (non-hydrogen) atoms. The van der Waals surface area contributed by atoms with Crippen LogP contribution in [-0.2, 0) is 6.16 Å². The Kier molecular flexibility index (Phi) is 6.17. The van der Waals surface area contributed by atoms with Crippen LogP contribution in [0.3, 0.4) is 0 Å². The van der Waals surface area contributed by atoms with Gasteiger partial charge in [-0.15, -0.1) is 0 Å². The van der Waals surface area contributed by atoms with Crippen LogP contribution in [0.4, 0.5) is 0 Å². The van der Waals surface area contributed by atoms with E-state index in [2.05, 4.69) is 106 Å². The molecule has 0 aliphatic heterocycles. The summed E-state index contributed by atoms with van der Waals surface area (Å²) in [7, 11) is 1.70. The van der Waals surface area contributed by atoms with Crippen molar-refractivity contribution in [1.82, 2.24) is 0 Å². The van der Waals surface area contributed by atoms with Crippen molar-refractivity contribution < 1.29 is 4.74 Å². The van der Waals surface area contributed by atoms with Gasteiger partial charge < -0.3 is 0 Å². The number of aryl methyl sites for hydroxylation is 3. The zero-order valence-electron chi connectivity index (χ0n) is 19.2. The molecule has 0 N–H and O–H groups in total. The number of hydrogen-bond acceptors (Lipinski definition) is 1. The number of halogens is 1. The van der Waals surface area contributed by atoms with E-state index in [9.17, 15) is 0 Å². The third kappa shape index (κ3) is 3.96. The van der Waals surface area contributed by atoms with Crippen molar-refractivity contribution in [2.75, 3.05) is 7.11 Å². The molecule has 164 valence electrons. The van der Waals surface area contributed by atoms with E-state index in [0.717, 1.165) is 11.9 Å². The van der Waals surface area contributed by atoms with Gasteiger partial charge in [0.25, 0.3) is 0 Å². The Hall–Kier alpha value is -2.60. The third-order valence-electron chi connectivity index (χ3n) is 6.36. The first-order valence-corrected chi connectivity index (χ1v) is 14.2. The fourth-order valence-corrected chi connectivity index (χ4v) is 10.4. The number of methoxy groups -OCH3 is 1. The van der Waals surface area contributed by atoms with E-state index in [1.54, 1.807) is 7.11 Å². The molecule has 0 saturated heterocycles. The van der Waals surface area contributed by atoms with Crippen molar-refractivity contribution in [3.05, 3.63) is 119 Å². The Bertz CT molecular complexity index is 1080. The Labute approximate surface area is 196 Å². The van der Waals surface area contributed by atoms with E-state index in [0.29, 0.717) is 0 Å². The van der Waals surface area contributed by atoms with Crippen molar-refractivity contribution in [3.63, 3.8) is 0 Å². The van der Waals surface area contributed by atoms with Gasteiger partial charge in [-0.2, -0.15) is 0 Å². The number of rotatable bonds is 6. The summed E-state index contributed by atoms with van der Waals surface area (Å²) in [6.45, 7) is 6.36. The first kappa shape index (κ1) is 22.6. The van der Waals surface area contributed by atoms with Crippen molar-refractivity contribution in [1.29, 1.82) is 0 Å². The fraction of sp³-hybridized carbons (Fsp3) is 0.172. The van der Waals surface area contributed by atoms with Gasteiger partial charge in [0.15, 0.2) is 0 Å². The maximum absolute atomic E-state index is 8.24. The van der Waals surface area contributed by atoms with Gasteiger partial charge in [-0.25, -0.2) is 0 Å². The van der Waals surface area contributed by atoms with E-state index in [1.165, 1.54) is 38.2 Å². The second-order valence-electron chi connectivity index (χ2n) is 8.70. The van der Waals surface area contributed by atoms with Crippen LogP contribution in [0.1, 0.15) is 22.3 Å². The molecule has 1 nitrogen and oxygen atoms in total. The van der Waals surface area contributed by atoms with Crippen LogP contribution < -0.4 is 20.7 Å². The molecule has 0 fully saturated rings. The van der Waals surface area contributed by atoms with E-state index >= 15 is 0 Å². The van der Waals surface area contributed by atoms with Gasteiger partial charge in [-0.05, 0) is 0 Å². The molecule has 0 aliphatic rings. The summed E-state index contributed by atoms with van der Waals surface area (Å²) >= 11 is 8.24. The van der Waals surface area contributed by atoms with Gasteiger partial charge in [0, 0.05) is 0 Å². The Morgan fingerprint density at radius 3 is 1.22 bits per heavy atom. The number of ether oxygens (including phenoxy) is 1. The number of benzene rings is 4. The second kappa shape index (κ2) is 8.74. The van der Waals surface area contributed by atoms with Crippen molar-refractivity contribution in [3.8, 4) is 5.75 Å². The van der Waals surface area contributed by atoms with Crippen LogP contribution in [0, 0.1) is 20.8 Å². The van der Waals surface area contributed by atoms with E-state index in [-0.39, 0.29) is 0 Å². The minimum atomic E-state index is -3.35. The number of hydrogen-bond donors (Lipinski definition) is 0. The molecule has 4 rings (SSSR count). The SMILES string of the molecule is COc1ccc(CP(Cl)(c2ccc(C)cc2)(c2ccc(C)cc2)c2ccc(C)cc2)cc1. The molecule has 4 aromatic rings. The van der Waals surface area contributed by atoms with Gasteiger partial charge in [0.05, 0.1) is 0 Å². The Morgan fingerprint density at radius 2 is 0.906 bits per heavy atom. The summed E-state index contributed by atoms with van der Waals surface area (Å²) in [5, 5.41) is 3.56. The molecule has 0 aromatic heterocycles. The molecular formula is C29H30ClOP. The topological polar surface area (TPSA) is 9.23 Å². The van der Waals surface area contributed by atoms with Crippen LogP contribution in [0.2, 0.25) is 0 Å². The Balaban J connectivity index is 2.06. The quantitative estimate of drug-likeness (QED) is 0.287. The van der Waals surface area contributed by atoms with Gasteiger partial charge >= 0.3 is 197 Å². The van der Waals surface area contributed by atoms with Crippen LogP contribution in [0.25, 0.3) is 0 Å². The molecule has 0 unspecified atom stereocenters. The van der Waals surface area contributed by atoms with Gasteiger partial charge in [-0.3, -0.25) is 0 Å². The zero-order chi connectivity index (χ0) is 22.8. The molecule has 4 aromatic carbocycles. The van der Waals surface area contributed by atoms with Crippen molar-refractivity contribution in [2.24, 2.45) is 0 Å². The van der Waals surface area contributed by atoms with Crippen LogP contribution in [-0.4, -0.2) is 7.11 Å². The minimum absolute atomic E-state index is 0.729. The van der Waals surface area contributed by atoms with Gasteiger partial charge in [0.2, 0.25) is 0 Å². The first-order chi connectivity index (χ1) is 15.3. The molecule has 0 amide bonds. The molecule has 0 radical (unpaired) electrons. The van der Waals surface area contributed by atoms with Crippen LogP contribution >= 0.6 is 17.2 Å². The molecule has 0 atom stereocenters. The van der Waals surface area contributed by atoms with Crippen molar-refractivity contribution in [2.45, 2.75) is 26.9 Å². The molecule has 0 bridgehead atoms. The molecule has 0 spiro atoms. The summed E-state index contributed by atoms with van der Waals surface area (Å²) in [4.78, 5) is 0. The molecule has 3 heteroatoms. The fourth-order valence-electron chi connectivity index (χ4n) is 4.36. The normalized spacial score (nSPS) is 12.7. The average molecular weight is 461 g/mol. The van der Waals surface area contributed by atoms with Gasteiger partial charge in [-0.1, -0.05) is 0 Å². The standard InChI is InChI=1S/C29H30ClOP/c1-22-5-15-27(16-6-22)32(30,28-17-7-23(2)8-18-28,29-19-9-24(3)10-20-29)21-25-11-13-26(31-4)14-12-25/h5-20H,21H2,1-4H3. The van der Waals surface area contributed by atoms with E-state index in [4.69, 9.17) is 16.0 Å². The molecule has 0 heterocycles. The predicted molar refractivity (Wildman–Crippen MR) is 142 cm³/mol. The zero-order valence-corrected chi connectivity index (χ0v) is 20.8. The second-order valence-corrected chi connectivity index (χ2v) is 15.2. The summed E-state index contributed by atoms with van der Waals surface area (Å²) in [6.07, 6.45) is 0.729. The molecule has 0 saturated carbocycles. The van der Waals surface area contributed by atoms with E-state index in [1.807, 2.05) is 12.1 Å². The van der Waals surface area contributed by atoms with Gasteiger partial charge in [0.1, 0.15) is 0 Å². The Morgan fingerprint density at radius 1 is 0.562 bits per heavy atom. The van der Waals surface area contributed by atoms with Crippen molar-refractivity contribution >= 4 is 33.1 Å². The summed E-state index contributed by atoms with van der Waals surface area (Å²) in [5.74, 6) is -2.50. The predicted octanol–water partition coefficient (Wildman–Crippen LogP) is 6.80.